The molecule has 1 unspecified atom stereocenters. The highest BCUT2D eigenvalue weighted by Crippen LogP contribution is 2.46. The Morgan fingerprint density at radius 1 is 1.02 bits per heavy atom. The molecule has 11 heteroatoms. The molecule has 0 saturated carbocycles. The minimum Gasteiger partial charge on any atom is -0.445 e. The lowest BCUT2D eigenvalue weighted by molar-refractivity contribution is -0.132. The minimum atomic E-state index is -1.65. The first-order chi connectivity index (χ1) is 24.0. The van der Waals surface area contributed by atoms with E-state index >= 15 is 0 Å². The SMILES string of the molecule is CCCN(CCC)C(=O)C1=CC(c2ncco2)=CC(C(N)=O)([C@H](Cc2cc(F)cc(F)c2)[C@@H](O)CNCc2cccc(CN(CC)CC)c2)C1. The van der Waals surface area contributed by atoms with Gasteiger partial charge in [-0.05, 0) is 73.7 Å². The maximum Gasteiger partial charge on any atom is 0.249 e. The lowest BCUT2D eigenvalue weighted by atomic mass is 9.63. The number of rotatable bonds is 19. The van der Waals surface area contributed by atoms with Gasteiger partial charge in [0.05, 0.1) is 17.7 Å². The Labute approximate surface area is 294 Å². The second-order valence-electron chi connectivity index (χ2n) is 13.0. The summed E-state index contributed by atoms with van der Waals surface area (Å²) in [6, 6.07) is 11.3. The number of oxazole rings is 1. The van der Waals surface area contributed by atoms with Crippen molar-refractivity contribution < 1.29 is 27.9 Å². The molecule has 0 bridgehead atoms. The van der Waals surface area contributed by atoms with Gasteiger partial charge in [0.2, 0.25) is 17.7 Å². The Balaban J connectivity index is 1.72. The van der Waals surface area contributed by atoms with E-state index in [0.29, 0.717) is 30.8 Å². The summed E-state index contributed by atoms with van der Waals surface area (Å²) in [7, 11) is 0. The average Bonchev–Trinajstić information content (AvgIpc) is 3.64. The number of carbonyl (C=O) groups is 2. The van der Waals surface area contributed by atoms with Gasteiger partial charge in [0.1, 0.15) is 17.9 Å². The maximum absolute atomic E-state index is 14.5. The highest BCUT2D eigenvalue weighted by Gasteiger charge is 2.49. The normalized spacial score (nSPS) is 17.3. The number of nitrogens with two attached hydrogens (primary N) is 1. The zero-order chi connectivity index (χ0) is 36.3. The third-order valence-electron chi connectivity index (χ3n) is 9.39. The van der Waals surface area contributed by atoms with Crippen LogP contribution in [0, 0.1) is 23.0 Å². The summed E-state index contributed by atoms with van der Waals surface area (Å²) in [5.41, 5.74) is 7.69. The first-order valence-corrected chi connectivity index (χ1v) is 17.6. The van der Waals surface area contributed by atoms with Gasteiger partial charge in [0, 0.05) is 55.9 Å². The molecule has 4 N–H and O–H groups in total. The van der Waals surface area contributed by atoms with Crippen molar-refractivity contribution in [3.8, 4) is 0 Å². The lowest BCUT2D eigenvalue weighted by Gasteiger charge is -2.42. The molecule has 0 saturated heterocycles. The van der Waals surface area contributed by atoms with Crippen molar-refractivity contribution in [3.63, 3.8) is 0 Å². The monoisotopic (exact) mass is 691 g/mol. The van der Waals surface area contributed by atoms with Crippen LogP contribution in [0.4, 0.5) is 8.78 Å². The zero-order valence-electron chi connectivity index (χ0n) is 29.6. The van der Waals surface area contributed by atoms with Crippen molar-refractivity contribution in [1.29, 1.82) is 0 Å². The van der Waals surface area contributed by atoms with Crippen LogP contribution in [0.5, 0.6) is 0 Å². The van der Waals surface area contributed by atoms with E-state index < -0.39 is 35.0 Å². The van der Waals surface area contributed by atoms with Crippen molar-refractivity contribution in [3.05, 3.63) is 107 Å². The maximum atomic E-state index is 14.5. The van der Waals surface area contributed by atoms with Gasteiger partial charge in [-0.1, -0.05) is 58.0 Å². The molecule has 270 valence electrons. The van der Waals surface area contributed by atoms with Gasteiger partial charge in [-0.25, -0.2) is 13.8 Å². The first-order valence-electron chi connectivity index (χ1n) is 17.6. The molecular formula is C39H51F2N5O4. The molecule has 3 aromatic rings. The number of hydrogen-bond acceptors (Lipinski definition) is 7. The Morgan fingerprint density at radius 3 is 2.30 bits per heavy atom. The van der Waals surface area contributed by atoms with Crippen molar-refractivity contribution in [2.24, 2.45) is 17.1 Å². The number of nitrogens with one attached hydrogen (secondary N) is 1. The van der Waals surface area contributed by atoms with E-state index in [9.17, 15) is 23.5 Å². The van der Waals surface area contributed by atoms with Gasteiger partial charge in [-0.3, -0.25) is 14.5 Å². The number of aliphatic hydroxyl groups is 1. The summed E-state index contributed by atoms with van der Waals surface area (Å²) < 4.78 is 34.5. The van der Waals surface area contributed by atoms with E-state index in [-0.39, 0.29) is 36.7 Å². The number of carbonyl (C=O) groups excluding carboxylic acids is 2. The number of halogens is 2. The van der Waals surface area contributed by atoms with Gasteiger partial charge in [-0.2, -0.15) is 0 Å². The second-order valence-corrected chi connectivity index (χ2v) is 13.0. The molecule has 0 aliphatic heterocycles. The predicted octanol–water partition coefficient (Wildman–Crippen LogP) is 5.64. The Kier molecular flexibility index (Phi) is 14.0. The summed E-state index contributed by atoms with van der Waals surface area (Å²) in [6.07, 6.45) is 6.10. The molecule has 1 aliphatic rings. The zero-order valence-corrected chi connectivity index (χ0v) is 29.6. The first kappa shape index (κ1) is 38.6. The third-order valence-corrected chi connectivity index (χ3v) is 9.39. The molecule has 2 aromatic carbocycles. The smallest absolute Gasteiger partial charge is 0.249 e. The van der Waals surface area contributed by atoms with Crippen molar-refractivity contribution in [2.45, 2.75) is 72.6 Å². The molecule has 50 heavy (non-hydrogen) atoms. The summed E-state index contributed by atoms with van der Waals surface area (Å²) in [4.78, 5) is 36.2. The fourth-order valence-electron chi connectivity index (χ4n) is 6.88. The molecule has 9 nitrogen and oxygen atoms in total. The number of benzene rings is 2. The largest absolute Gasteiger partial charge is 0.445 e. The highest BCUT2D eigenvalue weighted by atomic mass is 19.1. The summed E-state index contributed by atoms with van der Waals surface area (Å²) >= 11 is 0. The van der Waals surface area contributed by atoms with Crippen LogP contribution in [-0.4, -0.2) is 70.5 Å². The standard InChI is InChI=1S/C39H51F2N5O4/c1-5-13-46(14-6-2)37(48)31-20-30(36-44-12-15-50-36)22-39(23-31,38(42)49)34(19-29-17-32(40)21-33(41)18-29)35(47)25-43-24-27-10-9-11-28(16-27)26-45(7-3)8-4/h9-12,15-18,20-22,34-35,43,47H,5-8,13-14,19,23-26H2,1-4H3,(H2,42,49)/t34-,35+,39?/m1/s1. The number of hydrogen-bond donors (Lipinski definition) is 3. The fraction of sp³-hybridized carbons (Fsp3) is 0.462. The fourth-order valence-corrected chi connectivity index (χ4v) is 6.88. The lowest BCUT2D eigenvalue weighted by Crippen LogP contribution is -2.51. The number of primary amides is 1. The van der Waals surface area contributed by atoms with E-state index in [4.69, 9.17) is 10.2 Å². The molecule has 0 radical (unpaired) electrons. The van der Waals surface area contributed by atoms with Gasteiger partial charge in [0.15, 0.2) is 0 Å². The number of allylic oxidation sites excluding steroid dienone is 2. The van der Waals surface area contributed by atoms with E-state index in [1.807, 2.05) is 26.0 Å². The van der Waals surface area contributed by atoms with Crippen LogP contribution in [0.2, 0.25) is 0 Å². The molecule has 3 atom stereocenters. The van der Waals surface area contributed by atoms with Crippen LogP contribution < -0.4 is 11.1 Å². The molecule has 1 aromatic heterocycles. The van der Waals surface area contributed by atoms with Crippen LogP contribution in [0.15, 0.2) is 77.1 Å². The molecule has 4 rings (SSSR count). The topological polar surface area (TPSA) is 125 Å². The molecule has 1 aliphatic carbocycles. The summed E-state index contributed by atoms with van der Waals surface area (Å²) in [5, 5.41) is 15.3. The minimum absolute atomic E-state index is 0.0325. The molecular weight excluding hydrogens is 640 g/mol. The van der Waals surface area contributed by atoms with Crippen molar-refractivity contribution >= 4 is 17.4 Å². The summed E-state index contributed by atoms with van der Waals surface area (Å²) in [6.45, 7) is 12.4. The van der Waals surface area contributed by atoms with Gasteiger partial charge in [-0.15, -0.1) is 0 Å². The molecule has 2 amide bonds. The van der Waals surface area contributed by atoms with Gasteiger partial charge in [0.25, 0.3) is 0 Å². The molecule has 0 fully saturated rings. The Hall–Kier alpha value is -4.19. The molecule has 0 spiro atoms. The second kappa shape index (κ2) is 18.2. The van der Waals surface area contributed by atoms with Gasteiger partial charge >= 0.3 is 0 Å². The Morgan fingerprint density at radius 2 is 1.70 bits per heavy atom. The molecule has 1 heterocycles. The van der Waals surface area contributed by atoms with Crippen LogP contribution in [0.25, 0.3) is 5.57 Å². The number of aromatic nitrogens is 1. The highest BCUT2D eigenvalue weighted by molar-refractivity contribution is 6.00. The number of nitrogens with zero attached hydrogens (tertiary/aromatic N) is 3. The van der Waals surface area contributed by atoms with E-state index in [2.05, 4.69) is 41.2 Å². The van der Waals surface area contributed by atoms with Crippen LogP contribution in [-0.2, 0) is 29.1 Å². The quantitative estimate of drug-likeness (QED) is 0.149. The predicted molar refractivity (Wildman–Crippen MR) is 190 cm³/mol. The third kappa shape index (κ3) is 9.74. The van der Waals surface area contributed by atoms with Crippen LogP contribution >= 0.6 is 0 Å². The van der Waals surface area contributed by atoms with E-state index in [0.717, 1.165) is 44.1 Å². The van der Waals surface area contributed by atoms with Gasteiger partial charge < -0.3 is 25.5 Å². The van der Waals surface area contributed by atoms with E-state index in [1.54, 1.807) is 17.1 Å². The van der Waals surface area contributed by atoms with Crippen LogP contribution in [0.1, 0.15) is 69.5 Å². The number of aliphatic hydroxyl groups excluding tert-OH is 1. The van der Waals surface area contributed by atoms with E-state index in [1.165, 1.54) is 30.2 Å². The van der Waals surface area contributed by atoms with Crippen molar-refractivity contribution in [1.82, 2.24) is 20.1 Å². The number of amides is 2. The average molecular weight is 692 g/mol. The Bertz CT molecular complexity index is 1610. The van der Waals surface area contributed by atoms with Crippen molar-refractivity contribution in [2.75, 3.05) is 32.7 Å². The summed E-state index contributed by atoms with van der Waals surface area (Å²) in [5.74, 6) is -3.45. The van der Waals surface area contributed by atoms with Crippen LogP contribution in [0.3, 0.4) is 0 Å².